The number of hydrogen-bond donors (Lipinski definition) is 3. The van der Waals surface area contributed by atoms with Crippen molar-refractivity contribution in [2.75, 3.05) is 6.61 Å². The number of carbonyl (C=O) groups is 1. The van der Waals surface area contributed by atoms with Gasteiger partial charge in [-0.15, -0.1) is 0 Å². The lowest BCUT2D eigenvalue weighted by molar-refractivity contribution is -0.125. The maximum absolute atomic E-state index is 11.8. The van der Waals surface area contributed by atoms with Gasteiger partial charge in [-0.2, -0.15) is 0 Å². The van der Waals surface area contributed by atoms with Crippen LogP contribution in [0.2, 0.25) is 0 Å². The number of nitrogens with one attached hydrogen (secondary N) is 1. The van der Waals surface area contributed by atoms with Crippen LogP contribution in [0.5, 0.6) is 0 Å². The Morgan fingerprint density at radius 1 is 1.50 bits per heavy atom. The van der Waals surface area contributed by atoms with E-state index in [4.69, 9.17) is 5.73 Å². The second-order valence-corrected chi connectivity index (χ2v) is 6.02. The van der Waals surface area contributed by atoms with Crippen LogP contribution in [-0.2, 0) is 4.79 Å². The molecule has 16 heavy (non-hydrogen) atoms. The fourth-order valence-corrected chi connectivity index (χ4v) is 1.78. The highest BCUT2D eigenvalue weighted by Crippen LogP contribution is 2.31. The van der Waals surface area contributed by atoms with E-state index in [-0.39, 0.29) is 29.5 Å². The van der Waals surface area contributed by atoms with Crippen LogP contribution in [0.3, 0.4) is 0 Å². The van der Waals surface area contributed by atoms with Crippen molar-refractivity contribution in [1.82, 2.24) is 5.32 Å². The molecule has 1 atom stereocenters. The van der Waals surface area contributed by atoms with Gasteiger partial charge < -0.3 is 16.2 Å². The molecule has 0 spiro atoms. The second-order valence-electron chi connectivity index (χ2n) is 6.02. The minimum Gasteiger partial charge on any atom is -0.394 e. The molecular weight excluding hydrogens is 204 g/mol. The molecule has 0 radical (unpaired) electrons. The smallest absolute Gasteiger partial charge is 0.222 e. The van der Waals surface area contributed by atoms with E-state index in [1.807, 2.05) is 20.8 Å². The van der Waals surface area contributed by atoms with Crippen molar-refractivity contribution in [3.8, 4) is 0 Å². The summed E-state index contributed by atoms with van der Waals surface area (Å²) in [5.74, 6) is -0.0452. The largest absolute Gasteiger partial charge is 0.394 e. The minimum absolute atomic E-state index is 0.0312. The molecule has 0 aromatic heterocycles. The number of aliphatic hydroxyl groups excluding tert-OH is 1. The Balaban J connectivity index is 2.41. The van der Waals surface area contributed by atoms with Crippen LogP contribution in [0.1, 0.15) is 46.5 Å². The summed E-state index contributed by atoms with van der Waals surface area (Å²) in [5.41, 5.74) is 5.53. The summed E-state index contributed by atoms with van der Waals surface area (Å²) in [4.78, 5) is 11.8. The van der Waals surface area contributed by atoms with Gasteiger partial charge in [-0.3, -0.25) is 4.79 Å². The van der Waals surface area contributed by atoms with Gasteiger partial charge in [0.05, 0.1) is 12.1 Å². The summed E-state index contributed by atoms with van der Waals surface area (Å²) in [7, 11) is 0. The maximum Gasteiger partial charge on any atom is 0.222 e. The highest BCUT2D eigenvalue weighted by Gasteiger charge is 2.38. The van der Waals surface area contributed by atoms with Gasteiger partial charge in [-0.05, 0) is 24.7 Å². The van der Waals surface area contributed by atoms with E-state index in [0.717, 1.165) is 19.3 Å². The summed E-state index contributed by atoms with van der Waals surface area (Å²) < 4.78 is 0. The number of carbonyl (C=O) groups excluding carboxylic acids is 1. The molecule has 0 saturated heterocycles. The van der Waals surface area contributed by atoms with Gasteiger partial charge in [0.15, 0.2) is 0 Å². The lowest BCUT2D eigenvalue weighted by Gasteiger charge is -2.41. The van der Waals surface area contributed by atoms with Crippen LogP contribution in [0.25, 0.3) is 0 Å². The first-order valence-corrected chi connectivity index (χ1v) is 5.96. The van der Waals surface area contributed by atoms with E-state index in [9.17, 15) is 9.90 Å². The number of nitrogens with two attached hydrogens (primary N) is 1. The number of rotatable bonds is 4. The molecule has 4 N–H and O–H groups in total. The summed E-state index contributed by atoms with van der Waals surface area (Å²) >= 11 is 0. The Morgan fingerprint density at radius 3 is 2.38 bits per heavy atom. The molecule has 1 amide bonds. The van der Waals surface area contributed by atoms with Crippen LogP contribution in [-0.4, -0.2) is 29.2 Å². The number of amides is 1. The lowest BCUT2D eigenvalue weighted by Crippen LogP contribution is -2.57. The predicted molar refractivity (Wildman–Crippen MR) is 63.9 cm³/mol. The molecule has 0 heterocycles. The highest BCUT2D eigenvalue weighted by molar-refractivity contribution is 5.77. The molecule has 0 aliphatic heterocycles. The Hall–Kier alpha value is -0.610. The molecule has 4 nitrogen and oxygen atoms in total. The number of aliphatic hydroxyl groups is 1. The third kappa shape index (κ3) is 3.19. The Bertz CT molecular complexity index is 249. The van der Waals surface area contributed by atoms with Gasteiger partial charge in [0, 0.05) is 12.5 Å². The van der Waals surface area contributed by atoms with Crippen molar-refractivity contribution >= 4 is 5.91 Å². The molecule has 1 unspecified atom stereocenters. The van der Waals surface area contributed by atoms with Gasteiger partial charge in [-0.25, -0.2) is 0 Å². The Labute approximate surface area is 97.6 Å². The van der Waals surface area contributed by atoms with Gasteiger partial charge in [0.2, 0.25) is 5.91 Å². The van der Waals surface area contributed by atoms with Crippen molar-refractivity contribution in [1.29, 1.82) is 0 Å². The highest BCUT2D eigenvalue weighted by atomic mass is 16.3. The quantitative estimate of drug-likeness (QED) is 0.665. The third-order valence-electron chi connectivity index (χ3n) is 3.54. The first kappa shape index (κ1) is 13.5. The van der Waals surface area contributed by atoms with Crippen molar-refractivity contribution < 1.29 is 9.90 Å². The van der Waals surface area contributed by atoms with Crippen LogP contribution in [0, 0.1) is 5.41 Å². The van der Waals surface area contributed by atoms with Crippen LogP contribution in [0.15, 0.2) is 0 Å². The molecule has 0 aromatic rings. The van der Waals surface area contributed by atoms with Crippen LogP contribution in [0.4, 0.5) is 0 Å². The fraction of sp³-hybridized carbons (Fsp3) is 0.917. The summed E-state index contributed by atoms with van der Waals surface area (Å²) in [6, 6.07) is -0.150. The van der Waals surface area contributed by atoms with Gasteiger partial charge >= 0.3 is 0 Å². The molecular formula is C12H24N2O2. The maximum atomic E-state index is 11.8. The van der Waals surface area contributed by atoms with Crippen LogP contribution >= 0.6 is 0 Å². The van der Waals surface area contributed by atoms with E-state index in [0.29, 0.717) is 6.42 Å². The third-order valence-corrected chi connectivity index (χ3v) is 3.54. The zero-order valence-electron chi connectivity index (χ0n) is 10.5. The molecule has 1 aliphatic rings. The topological polar surface area (TPSA) is 75.4 Å². The Kier molecular flexibility index (Phi) is 3.97. The van der Waals surface area contributed by atoms with E-state index in [2.05, 4.69) is 5.32 Å². The molecule has 0 bridgehead atoms. The molecule has 1 saturated carbocycles. The normalized spacial score (nSPS) is 21.1. The van der Waals surface area contributed by atoms with Gasteiger partial charge in [0.25, 0.3) is 0 Å². The van der Waals surface area contributed by atoms with E-state index < -0.39 is 0 Å². The second kappa shape index (κ2) is 4.72. The molecule has 4 heteroatoms. The van der Waals surface area contributed by atoms with E-state index >= 15 is 0 Å². The van der Waals surface area contributed by atoms with Gasteiger partial charge in [0.1, 0.15) is 0 Å². The molecule has 0 aromatic carbocycles. The summed E-state index contributed by atoms with van der Waals surface area (Å²) in [5, 5.41) is 12.1. The molecule has 94 valence electrons. The summed E-state index contributed by atoms with van der Waals surface area (Å²) in [6.07, 6.45) is 3.15. The zero-order chi connectivity index (χ0) is 12.4. The molecule has 1 rings (SSSR count). The van der Waals surface area contributed by atoms with Crippen molar-refractivity contribution in [2.24, 2.45) is 11.1 Å². The number of hydrogen-bond acceptors (Lipinski definition) is 3. The average molecular weight is 228 g/mol. The molecule has 1 aliphatic carbocycles. The van der Waals surface area contributed by atoms with E-state index in [1.165, 1.54) is 0 Å². The van der Waals surface area contributed by atoms with Crippen molar-refractivity contribution in [3.05, 3.63) is 0 Å². The van der Waals surface area contributed by atoms with E-state index in [1.54, 1.807) is 0 Å². The SMILES string of the molecule is CC(C)(C)C(N)CC(=O)NC1(CO)CCC1. The van der Waals surface area contributed by atoms with Crippen molar-refractivity contribution in [3.63, 3.8) is 0 Å². The lowest BCUT2D eigenvalue weighted by atomic mass is 9.77. The minimum atomic E-state index is -0.352. The van der Waals surface area contributed by atoms with Gasteiger partial charge in [-0.1, -0.05) is 20.8 Å². The zero-order valence-corrected chi connectivity index (χ0v) is 10.5. The standard InChI is InChI=1S/C12H24N2O2/c1-11(2,3)9(13)7-10(16)14-12(8-15)5-4-6-12/h9,15H,4-8,13H2,1-3H3,(H,14,16). The molecule has 1 fully saturated rings. The van der Waals surface area contributed by atoms with Crippen LogP contribution < -0.4 is 11.1 Å². The first-order chi connectivity index (χ1) is 7.29. The first-order valence-electron chi connectivity index (χ1n) is 5.96. The average Bonchev–Trinajstić information content (AvgIpc) is 2.09. The fourth-order valence-electron chi connectivity index (χ4n) is 1.78. The summed E-state index contributed by atoms with van der Waals surface area (Å²) in [6.45, 7) is 6.10. The Morgan fingerprint density at radius 2 is 2.06 bits per heavy atom. The van der Waals surface area contributed by atoms with Crippen molar-refractivity contribution in [2.45, 2.75) is 58.0 Å². The monoisotopic (exact) mass is 228 g/mol. The predicted octanol–water partition coefficient (Wildman–Crippen LogP) is 0.781.